The second kappa shape index (κ2) is 7.19. The maximum atomic E-state index is 11.7. The number of carbonyl (C=O) groups excluding carboxylic acids is 1. The van der Waals surface area contributed by atoms with E-state index < -0.39 is 0 Å². The highest BCUT2D eigenvalue weighted by molar-refractivity contribution is 7.18. The Kier molecular flexibility index (Phi) is 4.99. The maximum Gasteiger partial charge on any atom is 0.225 e. The molecule has 0 saturated carbocycles. The van der Waals surface area contributed by atoms with Gasteiger partial charge in [0.1, 0.15) is 23.5 Å². The second-order valence-electron chi connectivity index (χ2n) is 5.74. The lowest BCUT2D eigenvalue weighted by atomic mass is 10.1. The van der Waals surface area contributed by atoms with Crippen molar-refractivity contribution in [3.8, 4) is 11.6 Å². The standard InChI is InChI=1S/C19H20N2O3S/c1-5-23-16-7-6-14(12(3)22)8-15(16)9-24-18-17-11(2)13(4)25-19(17)21-10-20-18/h6-8,10H,5,9H2,1-4H3. The molecule has 0 spiro atoms. The van der Waals surface area contributed by atoms with Crippen molar-refractivity contribution in [1.29, 1.82) is 0 Å². The Labute approximate surface area is 150 Å². The molecule has 3 rings (SSSR count). The predicted molar refractivity (Wildman–Crippen MR) is 98.8 cm³/mol. The Morgan fingerprint density at radius 1 is 1.20 bits per heavy atom. The summed E-state index contributed by atoms with van der Waals surface area (Å²) < 4.78 is 11.6. The van der Waals surface area contributed by atoms with E-state index in [4.69, 9.17) is 9.47 Å². The van der Waals surface area contributed by atoms with E-state index in [-0.39, 0.29) is 12.4 Å². The van der Waals surface area contributed by atoms with Crippen molar-refractivity contribution in [2.75, 3.05) is 6.61 Å². The SMILES string of the molecule is CCOc1ccc(C(C)=O)cc1COc1ncnc2sc(C)c(C)c12. The number of ketones is 1. The molecular weight excluding hydrogens is 336 g/mol. The van der Waals surface area contributed by atoms with E-state index in [1.54, 1.807) is 24.3 Å². The molecule has 6 heteroatoms. The van der Waals surface area contributed by atoms with Crippen LogP contribution in [0.5, 0.6) is 11.6 Å². The Balaban J connectivity index is 1.93. The van der Waals surface area contributed by atoms with Crippen LogP contribution in [0.1, 0.15) is 40.2 Å². The molecule has 25 heavy (non-hydrogen) atoms. The van der Waals surface area contributed by atoms with E-state index in [9.17, 15) is 4.79 Å². The molecule has 0 aliphatic carbocycles. The summed E-state index contributed by atoms with van der Waals surface area (Å²) in [7, 11) is 0. The van der Waals surface area contributed by atoms with Crippen LogP contribution in [0.25, 0.3) is 10.2 Å². The van der Waals surface area contributed by atoms with Crippen LogP contribution in [0.4, 0.5) is 0 Å². The Hall–Kier alpha value is -2.47. The topological polar surface area (TPSA) is 61.3 Å². The summed E-state index contributed by atoms with van der Waals surface area (Å²) in [6, 6.07) is 5.40. The van der Waals surface area contributed by atoms with Crippen molar-refractivity contribution in [3.63, 3.8) is 0 Å². The summed E-state index contributed by atoms with van der Waals surface area (Å²) in [5.74, 6) is 1.29. The molecule has 130 valence electrons. The lowest BCUT2D eigenvalue weighted by Crippen LogP contribution is -2.04. The fourth-order valence-corrected chi connectivity index (χ4v) is 3.60. The Morgan fingerprint density at radius 2 is 2.00 bits per heavy atom. The number of rotatable bonds is 6. The number of ether oxygens (including phenoxy) is 2. The van der Waals surface area contributed by atoms with Crippen LogP contribution in [0.15, 0.2) is 24.5 Å². The summed E-state index contributed by atoms with van der Waals surface area (Å²) in [5, 5.41) is 0.950. The van der Waals surface area contributed by atoms with Crippen LogP contribution in [0.2, 0.25) is 0 Å². The number of aromatic nitrogens is 2. The summed E-state index contributed by atoms with van der Waals surface area (Å²) in [6.45, 7) is 8.41. The Bertz CT molecular complexity index is 934. The summed E-state index contributed by atoms with van der Waals surface area (Å²) in [5.41, 5.74) is 2.60. The third-order valence-electron chi connectivity index (χ3n) is 4.06. The molecule has 3 aromatic rings. The van der Waals surface area contributed by atoms with Gasteiger partial charge in [0, 0.05) is 16.0 Å². The zero-order valence-electron chi connectivity index (χ0n) is 14.8. The molecule has 0 aliphatic rings. The first-order chi connectivity index (χ1) is 12.0. The fourth-order valence-electron chi connectivity index (χ4n) is 2.61. The molecule has 5 nitrogen and oxygen atoms in total. The highest BCUT2D eigenvalue weighted by Gasteiger charge is 2.14. The molecule has 0 amide bonds. The molecule has 0 bridgehead atoms. The molecule has 1 aromatic carbocycles. The van der Waals surface area contributed by atoms with Gasteiger partial charge in [-0.05, 0) is 51.5 Å². The average molecular weight is 356 g/mol. The third-order valence-corrected chi connectivity index (χ3v) is 5.18. The minimum Gasteiger partial charge on any atom is -0.493 e. The van der Waals surface area contributed by atoms with Gasteiger partial charge in [0.25, 0.3) is 0 Å². The predicted octanol–water partition coefficient (Wildman–Crippen LogP) is 4.49. The summed E-state index contributed by atoms with van der Waals surface area (Å²) in [4.78, 5) is 22.4. The first-order valence-electron chi connectivity index (χ1n) is 8.11. The lowest BCUT2D eigenvalue weighted by Gasteiger charge is -2.13. The molecule has 0 saturated heterocycles. The van der Waals surface area contributed by atoms with Gasteiger partial charge in [0.05, 0.1) is 12.0 Å². The molecule has 0 atom stereocenters. The van der Waals surface area contributed by atoms with Gasteiger partial charge in [-0.3, -0.25) is 4.79 Å². The van der Waals surface area contributed by atoms with E-state index in [1.807, 2.05) is 26.0 Å². The van der Waals surface area contributed by atoms with Crippen LogP contribution in [-0.2, 0) is 6.61 Å². The van der Waals surface area contributed by atoms with E-state index in [2.05, 4.69) is 16.9 Å². The number of hydrogen-bond acceptors (Lipinski definition) is 6. The molecular formula is C19H20N2O3S. The van der Waals surface area contributed by atoms with Crippen LogP contribution in [0.3, 0.4) is 0 Å². The van der Waals surface area contributed by atoms with Gasteiger partial charge in [-0.1, -0.05) is 0 Å². The summed E-state index contributed by atoms with van der Waals surface area (Å²) >= 11 is 1.63. The van der Waals surface area contributed by atoms with Crippen molar-refractivity contribution < 1.29 is 14.3 Å². The molecule has 2 heterocycles. The quantitative estimate of drug-likeness (QED) is 0.609. The fraction of sp³-hybridized carbons (Fsp3) is 0.316. The number of hydrogen-bond donors (Lipinski definition) is 0. The minimum absolute atomic E-state index is 0.0121. The highest BCUT2D eigenvalue weighted by atomic mass is 32.1. The van der Waals surface area contributed by atoms with Gasteiger partial charge in [-0.2, -0.15) is 0 Å². The Morgan fingerprint density at radius 3 is 2.72 bits per heavy atom. The van der Waals surface area contributed by atoms with Crippen LogP contribution in [-0.4, -0.2) is 22.4 Å². The largest absolute Gasteiger partial charge is 0.493 e. The number of aryl methyl sites for hydroxylation is 2. The minimum atomic E-state index is 0.0121. The van der Waals surface area contributed by atoms with Crippen LogP contribution in [0, 0.1) is 13.8 Å². The van der Waals surface area contributed by atoms with Crippen LogP contribution >= 0.6 is 11.3 Å². The third kappa shape index (κ3) is 3.49. The molecule has 0 unspecified atom stereocenters. The first kappa shape index (κ1) is 17.4. The second-order valence-corrected chi connectivity index (χ2v) is 6.95. The highest BCUT2D eigenvalue weighted by Crippen LogP contribution is 2.34. The smallest absolute Gasteiger partial charge is 0.225 e. The van der Waals surface area contributed by atoms with Gasteiger partial charge in [0.15, 0.2) is 5.78 Å². The zero-order chi connectivity index (χ0) is 18.0. The number of fused-ring (bicyclic) bond motifs is 1. The molecule has 0 radical (unpaired) electrons. The number of carbonyl (C=O) groups is 1. The first-order valence-corrected chi connectivity index (χ1v) is 8.93. The molecule has 0 fully saturated rings. The lowest BCUT2D eigenvalue weighted by molar-refractivity contribution is 0.101. The summed E-state index contributed by atoms with van der Waals surface area (Å²) in [6.07, 6.45) is 1.52. The van der Waals surface area contributed by atoms with Crippen molar-refractivity contribution in [1.82, 2.24) is 9.97 Å². The van der Waals surface area contributed by atoms with Crippen molar-refractivity contribution in [2.24, 2.45) is 0 Å². The van der Waals surface area contributed by atoms with E-state index in [0.29, 0.717) is 18.1 Å². The van der Waals surface area contributed by atoms with Gasteiger partial charge in [-0.25, -0.2) is 9.97 Å². The number of benzene rings is 1. The maximum absolute atomic E-state index is 11.7. The van der Waals surface area contributed by atoms with Crippen molar-refractivity contribution in [3.05, 3.63) is 46.1 Å². The van der Waals surface area contributed by atoms with Crippen LogP contribution < -0.4 is 9.47 Å². The van der Waals surface area contributed by atoms with E-state index >= 15 is 0 Å². The van der Waals surface area contributed by atoms with Gasteiger partial charge >= 0.3 is 0 Å². The van der Waals surface area contributed by atoms with Crippen molar-refractivity contribution >= 4 is 27.3 Å². The van der Waals surface area contributed by atoms with Gasteiger partial charge in [0.2, 0.25) is 5.88 Å². The van der Waals surface area contributed by atoms with Gasteiger partial charge < -0.3 is 9.47 Å². The van der Waals surface area contributed by atoms with E-state index in [1.165, 1.54) is 11.2 Å². The number of Topliss-reactive ketones (excluding diaryl/α,β-unsaturated/α-hetero) is 1. The normalized spacial score (nSPS) is 10.9. The molecule has 0 aliphatic heterocycles. The van der Waals surface area contributed by atoms with E-state index in [0.717, 1.165) is 27.1 Å². The van der Waals surface area contributed by atoms with Gasteiger partial charge in [-0.15, -0.1) is 11.3 Å². The number of thiophene rings is 1. The zero-order valence-corrected chi connectivity index (χ0v) is 15.6. The average Bonchev–Trinajstić information content (AvgIpc) is 2.89. The molecule has 0 N–H and O–H groups in total. The monoisotopic (exact) mass is 356 g/mol. The molecule has 2 aromatic heterocycles. The number of nitrogens with zero attached hydrogens (tertiary/aromatic N) is 2. The van der Waals surface area contributed by atoms with Crippen molar-refractivity contribution in [2.45, 2.75) is 34.3 Å².